The fraction of sp³-hybridized carbons (Fsp3) is 0.889. The van der Waals surface area contributed by atoms with Crippen molar-refractivity contribution in [3.8, 4) is 0 Å². The van der Waals surface area contributed by atoms with Gasteiger partial charge < -0.3 is 0 Å². The summed E-state index contributed by atoms with van der Waals surface area (Å²) in [6.45, 7) is 6.34. The zero-order valence-corrected chi connectivity index (χ0v) is 8.53. The Kier molecular flexibility index (Phi) is 15.5. The summed E-state index contributed by atoms with van der Waals surface area (Å²) in [6, 6.07) is 0. The molecule has 68 valence electrons. The Bertz CT molecular complexity index is 68.0. The van der Waals surface area contributed by atoms with E-state index in [9.17, 15) is 0 Å². The van der Waals surface area contributed by atoms with E-state index in [-0.39, 0.29) is 5.75 Å². The molecule has 0 aliphatic heterocycles. The van der Waals surface area contributed by atoms with Gasteiger partial charge in [-0.25, -0.2) is 0 Å². The normalized spacial score (nSPS) is 15.6. The van der Waals surface area contributed by atoms with E-state index in [2.05, 4.69) is 18.5 Å². The summed E-state index contributed by atoms with van der Waals surface area (Å²) >= 11 is 4.32. The molecule has 0 aromatic rings. The Hall–Kier alpha value is -0.0400. The van der Waals surface area contributed by atoms with Gasteiger partial charge in [0.15, 0.2) is 0 Å². The van der Waals surface area contributed by atoms with Crippen LogP contribution in [-0.2, 0) is 4.79 Å². The van der Waals surface area contributed by atoms with Crippen molar-refractivity contribution in [3.05, 3.63) is 0 Å². The first-order chi connectivity index (χ1) is 5.31. The van der Waals surface area contributed by atoms with Gasteiger partial charge in [-0.3, -0.25) is 4.79 Å². The Balaban J connectivity index is 0. The Morgan fingerprint density at radius 2 is 1.55 bits per heavy atom. The summed E-state index contributed by atoms with van der Waals surface area (Å²) in [5.74, 6) is 1.27. The largest absolute Gasteiger partial charge is 0.285 e. The predicted molar refractivity (Wildman–Crippen MR) is 51.6 cm³/mol. The summed E-state index contributed by atoms with van der Waals surface area (Å²) in [6.07, 6.45) is 5.95. The third-order valence-corrected chi connectivity index (χ3v) is 1.64. The molecule has 1 rings (SSSR count). The molecule has 0 radical (unpaired) electrons. The van der Waals surface area contributed by atoms with Crippen molar-refractivity contribution in [1.29, 1.82) is 0 Å². The SMILES string of the molecule is CC.CC1CCCC1.O=CCl. The Morgan fingerprint density at radius 1 is 1.27 bits per heavy atom. The molecular weight excluding hydrogens is 160 g/mol. The molecule has 1 aliphatic carbocycles. The molecule has 0 spiro atoms. The maximum absolute atomic E-state index is 8.57. The highest BCUT2D eigenvalue weighted by Gasteiger charge is 2.07. The van der Waals surface area contributed by atoms with Gasteiger partial charge in [-0.2, -0.15) is 0 Å². The molecule has 1 aliphatic rings. The minimum Gasteiger partial charge on any atom is -0.285 e. The number of carbonyl (C=O) groups excluding carboxylic acids is 1. The average molecular weight is 179 g/mol. The van der Waals surface area contributed by atoms with E-state index in [0.29, 0.717) is 0 Å². The van der Waals surface area contributed by atoms with Crippen molar-refractivity contribution < 1.29 is 4.79 Å². The van der Waals surface area contributed by atoms with Gasteiger partial charge in [-0.1, -0.05) is 46.5 Å². The van der Waals surface area contributed by atoms with Gasteiger partial charge >= 0.3 is 0 Å². The first-order valence-corrected chi connectivity index (χ1v) is 4.78. The zero-order chi connectivity index (χ0) is 9.11. The molecule has 0 amide bonds. The fourth-order valence-corrected chi connectivity index (χ4v) is 1.13. The van der Waals surface area contributed by atoms with Gasteiger partial charge in [0, 0.05) is 0 Å². The van der Waals surface area contributed by atoms with Crippen LogP contribution >= 0.6 is 11.6 Å². The van der Waals surface area contributed by atoms with Gasteiger partial charge in [0.05, 0.1) is 0 Å². The highest BCUT2D eigenvalue weighted by atomic mass is 35.5. The summed E-state index contributed by atoms with van der Waals surface area (Å²) in [5.41, 5.74) is 0. The van der Waals surface area contributed by atoms with Crippen molar-refractivity contribution in [1.82, 2.24) is 0 Å². The second-order valence-corrected chi connectivity index (χ2v) is 2.66. The summed E-state index contributed by atoms with van der Waals surface area (Å²) < 4.78 is 0. The van der Waals surface area contributed by atoms with Crippen LogP contribution in [0.5, 0.6) is 0 Å². The molecular formula is C9H19ClO. The summed E-state index contributed by atoms with van der Waals surface area (Å²) in [7, 11) is 0. The zero-order valence-electron chi connectivity index (χ0n) is 7.77. The van der Waals surface area contributed by atoms with Crippen molar-refractivity contribution in [2.45, 2.75) is 46.5 Å². The summed E-state index contributed by atoms with van der Waals surface area (Å²) in [5, 5.41) is 0. The van der Waals surface area contributed by atoms with Crippen LogP contribution in [0.4, 0.5) is 0 Å². The molecule has 0 N–H and O–H groups in total. The molecule has 0 aromatic carbocycles. The van der Waals surface area contributed by atoms with Crippen LogP contribution in [0.3, 0.4) is 0 Å². The number of rotatable bonds is 0. The molecule has 0 atom stereocenters. The van der Waals surface area contributed by atoms with Crippen LogP contribution < -0.4 is 0 Å². The maximum atomic E-state index is 8.57. The lowest BCUT2D eigenvalue weighted by atomic mass is 10.2. The van der Waals surface area contributed by atoms with Crippen molar-refractivity contribution in [2.75, 3.05) is 0 Å². The van der Waals surface area contributed by atoms with E-state index >= 15 is 0 Å². The number of hydrogen-bond donors (Lipinski definition) is 0. The monoisotopic (exact) mass is 178 g/mol. The lowest BCUT2D eigenvalue weighted by Gasteiger charge is -1.91. The molecule has 1 fully saturated rings. The first kappa shape index (κ1) is 13.5. The minimum atomic E-state index is 0.222. The molecule has 0 aromatic heterocycles. The smallest absolute Gasteiger partial charge is 0.208 e. The number of halogens is 1. The van der Waals surface area contributed by atoms with Crippen LogP contribution in [-0.4, -0.2) is 5.75 Å². The van der Waals surface area contributed by atoms with Gasteiger partial charge in [0.25, 0.3) is 0 Å². The minimum absolute atomic E-state index is 0.222. The number of hydrogen-bond acceptors (Lipinski definition) is 1. The third kappa shape index (κ3) is 13.0. The molecule has 2 heteroatoms. The molecule has 11 heavy (non-hydrogen) atoms. The van der Waals surface area contributed by atoms with Crippen LogP contribution in [0.2, 0.25) is 0 Å². The lowest BCUT2D eigenvalue weighted by molar-refractivity contribution is 0.569. The summed E-state index contributed by atoms with van der Waals surface area (Å²) in [4.78, 5) is 8.57. The molecule has 0 bridgehead atoms. The lowest BCUT2D eigenvalue weighted by Crippen LogP contribution is -1.78. The predicted octanol–water partition coefficient (Wildman–Crippen LogP) is 3.64. The van der Waals surface area contributed by atoms with Crippen LogP contribution in [0.1, 0.15) is 46.5 Å². The van der Waals surface area contributed by atoms with Crippen LogP contribution in [0.15, 0.2) is 0 Å². The van der Waals surface area contributed by atoms with Gasteiger partial charge in [-0.05, 0) is 17.5 Å². The quantitative estimate of drug-likeness (QED) is 0.409. The molecule has 1 saturated carbocycles. The van der Waals surface area contributed by atoms with E-state index in [4.69, 9.17) is 4.79 Å². The average Bonchev–Trinajstić information content (AvgIpc) is 2.46. The molecule has 0 unspecified atom stereocenters. The highest BCUT2D eigenvalue weighted by Crippen LogP contribution is 2.22. The van der Waals surface area contributed by atoms with Gasteiger partial charge in [0.2, 0.25) is 5.75 Å². The van der Waals surface area contributed by atoms with Crippen LogP contribution in [0.25, 0.3) is 0 Å². The van der Waals surface area contributed by atoms with Crippen molar-refractivity contribution >= 4 is 17.3 Å². The third-order valence-electron chi connectivity index (χ3n) is 1.64. The molecule has 1 nitrogen and oxygen atoms in total. The Labute approximate surface area is 75.1 Å². The molecule has 0 heterocycles. The first-order valence-electron chi connectivity index (χ1n) is 4.35. The van der Waals surface area contributed by atoms with Crippen molar-refractivity contribution in [2.24, 2.45) is 5.92 Å². The van der Waals surface area contributed by atoms with Crippen molar-refractivity contribution in [3.63, 3.8) is 0 Å². The van der Waals surface area contributed by atoms with E-state index in [1.807, 2.05) is 13.8 Å². The van der Waals surface area contributed by atoms with E-state index in [1.54, 1.807) is 0 Å². The highest BCUT2D eigenvalue weighted by molar-refractivity contribution is 6.54. The maximum Gasteiger partial charge on any atom is 0.208 e. The van der Waals surface area contributed by atoms with E-state index in [1.165, 1.54) is 25.7 Å². The fourth-order valence-electron chi connectivity index (χ4n) is 1.13. The van der Waals surface area contributed by atoms with Gasteiger partial charge in [-0.15, -0.1) is 0 Å². The van der Waals surface area contributed by atoms with E-state index in [0.717, 1.165) is 5.92 Å². The van der Waals surface area contributed by atoms with Gasteiger partial charge in [0.1, 0.15) is 0 Å². The standard InChI is InChI=1S/C6H12.C2H6.CHClO/c1-6-4-2-3-5-6;1-2;2-1-3/h6H,2-5H2,1H3;1-2H3;1H. The second-order valence-electron chi connectivity index (χ2n) is 2.48. The van der Waals surface area contributed by atoms with Crippen LogP contribution in [0, 0.1) is 5.92 Å². The second kappa shape index (κ2) is 12.6. The van der Waals surface area contributed by atoms with E-state index < -0.39 is 0 Å². The Morgan fingerprint density at radius 3 is 1.64 bits per heavy atom. The topological polar surface area (TPSA) is 17.1 Å². The number of carbonyl (C=O) groups is 1. The molecule has 0 saturated heterocycles.